The highest BCUT2D eigenvalue weighted by Crippen LogP contribution is 2.29. The average molecular weight is 367 g/mol. The molecule has 0 aliphatic heterocycles. The number of alkyl halides is 3. The van der Waals surface area contributed by atoms with Crippen molar-refractivity contribution in [3.8, 4) is 5.75 Å². The number of carbonyl (C=O) groups is 1. The van der Waals surface area contributed by atoms with E-state index >= 15 is 0 Å². The molecule has 0 aromatic heterocycles. The van der Waals surface area contributed by atoms with Crippen molar-refractivity contribution in [2.24, 2.45) is 0 Å². The zero-order chi connectivity index (χ0) is 19.3. The summed E-state index contributed by atoms with van der Waals surface area (Å²) < 4.78 is 56.5. The maximum atomic E-state index is 13.7. The Hall–Kier alpha value is -2.83. The van der Waals surface area contributed by atoms with E-state index in [0.717, 1.165) is 18.2 Å². The number of rotatable bonds is 5. The topological polar surface area (TPSA) is 38.3 Å². The monoisotopic (exact) mass is 367 g/mol. The van der Waals surface area contributed by atoms with Crippen molar-refractivity contribution in [2.45, 2.75) is 19.1 Å². The zero-order valence-corrected chi connectivity index (χ0v) is 14.1. The summed E-state index contributed by atoms with van der Waals surface area (Å²) in [7, 11) is 1.35. The summed E-state index contributed by atoms with van der Waals surface area (Å²) >= 11 is 0. The maximum absolute atomic E-state index is 13.7. The Balaban J connectivity index is 2.04. The van der Waals surface area contributed by atoms with E-state index in [0.29, 0.717) is 5.56 Å². The predicted octanol–water partition coefficient (Wildman–Crippen LogP) is 4.74. The van der Waals surface area contributed by atoms with Gasteiger partial charge >= 0.3 is 6.18 Å². The molecule has 1 amide bonds. The lowest BCUT2D eigenvalue weighted by Gasteiger charge is -2.14. The molecule has 0 unspecified atom stereocenters. The van der Waals surface area contributed by atoms with Crippen LogP contribution in [0.15, 0.2) is 48.5 Å². The molecule has 7 heteroatoms. The number of methoxy groups -OCH3 is 1. The minimum Gasteiger partial charge on any atom is -0.494 e. The summed E-state index contributed by atoms with van der Waals surface area (Å²) in [6.45, 7) is 1.66. The largest absolute Gasteiger partial charge is 0.494 e. The van der Waals surface area contributed by atoms with Gasteiger partial charge < -0.3 is 10.1 Å². The Morgan fingerprint density at radius 1 is 1.19 bits per heavy atom. The first kappa shape index (κ1) is 19.5. The molecular formula is C19H17F4NO2. The van der Waals surface area contributed by atoms with Crippen LogP contribution >= 0.6 is 0 Å². The van der Waals surface area contributed by atoms with Crippen molar-refractivity contribution in [1.82, 2.24) is 5.32 Å². The van der Waals surface area contributed by atoms with Gasteiger partial charge in [0.05, 0.1) is 18.7 Å². The normalized spacial score (nSPS) is 12.8. The molecule has 2 rings (SSSR count). The molecular weight excluding hydrogens is 350 g/mol. The number of amides is 1. The SMILES string of the molecule is COc1ccc([C@H](C)NC(=O)/C=C/c2cccc(C(F)(F)F)c2)cc1F. The Bertz CT molecular complexity index is 815. The fourth-order valence-electron chi connectivity index (χ4n) is 2.29. The minimum absolute atomic E-state index is 0.0942. The van der Waals surface area contributed by atoms with Crippen LogP contribution in [0.2, 0.25) is 0 Å². The van der Waals surface area contributed by atoms with Gasteiger partial charge in [-0.15, -0.1) is 0 Å². The van der Waals surface area contributed by atoms with Crippen LogP contribution in [0.25, 0.3) is 6.08 Å². The Labute approximate surface area is 148 Å². The second kappa shape index (κ2) is 8.03. The number of nitrogens with one attached hydrogen (secondary N) is 1. The first-order valence-corrected chi connectivity index (χ1v) is 7.70. The van der Waals surface area contributed by atoms with Gasteiger partial charge in [-0.2, -0.15) is 13.2 Å². The first-order valence-electron chi connectivity index (χ1n) is 7.70. The number of carbonyl (C=O) groups excluding carboxylic acids is 1. The lowest BCUT2D eigenvalue weighted by atomic mass is 10.1. The van der Waals surface area contributed by atoms with E-state index in [4.69, 9.17) is 4.74 Å². The molecule has 3 nitrogen and oxygen atoms in total. The molecule has 1 atom stereocenters. The standard InChI is InChI=1S/C19H17F4NO2/c1-12(14-7-8-17(26-2)16(20)11-14)24-18(25)9-6-13-4-3-5-15(10-13)19(21,22)23/h3-12H,1-2H3,(H,24,25)/b9-6+/t12-/m0/s1. The van der Waals surface area contributed by atoms with Crippen molar-refractivity contribution in [3.63, 3.8) is 0 Å². The number of hydrogen-bond donors (Lipinski definition) is 1. The number of hydrogen-bond acceptors (Lipinski definition) is 2. The van der Waals surface area contributed by atoms with Crippen molar-refractivity contribution in [2.75, 3.05) is 7.11 Å². The summed E-state index contributed by atoms with van der Waals surface area (Å²) in [5.74, 6) is -0.964. The highest BCUT2D eigenvalue weighted by atomic mass is 19.4. The molecule has 2 aromatic rings. The van der Waals surface area contributed by atoms with Crippen LogP contribution in [0, 0.1) is 5.82 Å². The third kappa shape index (κ3) is 5.08. The number of benzene rings is 2. The molecule has 0 bridgehead atoms. The van der Waals surface area contributed by atoms with Crippen LogP contribution in [0.3, 0.4) is 0 Å². The van der Waals surface area contributed by atoms with Gasteiger partial charge in [0, 0.05) is 6.08 Å². The molecule has 26 heavy (non-hydrogen) atoms. The Morgan fingerprint density at radius 3 is 2.54 bits per heavy atom. The molecule has 0 heterocycles. The van der Waals surface area contributed by atoms with Crippen molar-refractivity contribution in [3.05, 3.63) is 71.0 Å². The van der Waals surface area contributed by atoms with Crippen LogP contribution in [-0.2, 0) is 11.0 Å². The zero-order valence-electron chi connectivity index (χ0n) is 14.1. The molecule has 0 fully saturated rings. The highest BCUT2D eigenvalue weighted by molar-refractivity contribution is 5.92. The second-order valence-electron chi connectivity index (χ2n) is 5.58. The number of halogens is 4. The molecule has 0 saturated carbocycles. The van der Waals surface area contributed by atoms with Crippen molar-refractivity contribution >= 4 is 12.0 Å². The third-order valence-corrected chi connectivity index (χ3v) is 3.68. The van der Waals surface area contributed by atoms with E-state index in [1.165, 1.54) is 37.5 Å². The Morgan fingerprint density at radius 2 is 1.92 bits per heavy atom. The summed E-state index contributed by atoms with van der Waals surface area (Å²) in [5.41, 5.74) is -0.00984. The second-order valence-corrected chi connectivity index (χ2v) is 5.58. The third-order valence-electron chi connectivity index (χ3n) is 3.68. The summed E-state index contributed by atoms with van der Waals surface area (Å²) in [6, 6.07) is 8.46. The van der Waals surface area contributed by atoms with Gasteiger partial charge in [0.15, 0.2) is 11.6 Å². The Kier molecular flexibility index (Phi) is 6.02. The van der Waals surface area contributed by atoms with Gasteiger partial charge in [-0.3, -0.25) is 4.79 Å². The molecule has 0 saturated heterocycles. The average Bonchev–Trinajstić information content (AvgIpc) is 2.59. The van der Waals surface area contributed by atoms with Crippen LogP contribution in [0.4, 0.5) is 17.6 Å². The smallest absolute Gasteiger partial charge is 0.416 e. The van der Waals surface area contributed by atoms with E-state index in [1.807, 2.05) is 0 Å². The molecule has 0 radical (unpaired) electrons. The number of ether oxygens (including phenoxy) is 1. The van der Waals surface area contributed by atoms with Crippen LogP contribution in [0.1, 0.15) is 29.7 Å². The van der Waals surface area contributed by atoms with Gasteiger partial charge in [-0.25, -0.2) is 4.39 Å². The van der Waals surface area contributed by atoms with E-state index in [9.17, 15) is 22.4 Å². The fraction of sp³-hybridized carbons (Fsp3) is 0.211. The molecule has 0 spiro atoms. The summed E-state index contributed by atoms with van der Waals surface area (Å²) in [4.78, 5) is 12.0. The van der Waals surface area contributed by atoms with Crippen LogP contribution in [0.5, 0.6) is 5.75 Å². The maximum Gasteiger partial charge on any atom is 0.416 e. The van der Waals surface area contributed by atoms with Crippen LogP contribution < -0.4 is 10.1 Å². The molecule has 0 aliphatic carbocycles. The minimum atomic E-state index is -4.45. The van der Waals surface area contributed by atoms with Gasteiger partial charge in [0.1, 0.15) is 0 Å². The van der Waals surface area contributed by atoms with Crippen molar-refractivity contribution < 1.29 is 27.1 Å². The molecule has 138 valence electrons. The predicted molar refractivity (Wildman–Crippen MR) is 90.0 cm³/mol. The van der Waals surface area contributed by atoms with E-state index < -0.39 is 29.5 Å². The summed E-state index contributed by atoms with van der Waals surface area (Å²) in [5, 5.41) is 2.62. The van der Waals surface area contributed by atoms with Crippen molar-refractivity contribution in [1.29, 1.82) is 0 Å². The lowest BCUT2D eigenvalue weighted by molar-refractivity contribution is -0.137. The van der Waals surface area contributed by atoms with Gasteiger partial charge in [-0.05, 0) is 48.4 Å². The van der Waals surface area contributed by atoms with Crippen LogP contribution in [-0.4, -0.2) is 13.0 Å². The molecule has 2 aromatic carbocycles. The fourth-order valence-corrected chi connectivity index (χ4v) is 2.29. The van der Waals surface area contributed by atoms with E-state index in [-0.39, 0.29) is 11.3 Å². The van der Waals surface area contributed by atoms with Gasteiger partial charge in [0.2, 0.25) is 5.91 Å². The van der Waals surface area contributed by atoms with E-state index in [2.05, 4.69) is 5.32 Å². The lowest BCUT2D eigenvalue weighted by Crippen LogP contribution is -2.24. The highest BCUT2D eigenvalue weighted by Gasteiger charge is 2.30. The summed E-state index contributed by atoms with van der Waals surface area (Å²) in [6.07, 6.45) is -2.03. The van der Waals surface area contributed by atoms with Gasteiger partial charge in [0.25, 0.3) is 0 Å². The molecule has 1 N–H and O–H groups in total. The van der Waals surface area contributed by atoms with Gasteiger partial charge in [-0.1, -0.05) is 18.2 Å². The quantitative estimate of drug-likeness (QED) is 0.612. The first-order chi connectivity index (χ1) is 12.2. The molecule has 0 aliphatic rings. The van der Waals surface area contributed by atoms with E-state index in [1.54, 1.807) is 13.0 Å².